The fourth-order valence-electron chi connectivity index (χ4n) is 2.36. The fraction of sp³-hybridized carbons (Fsp3) is 0.0588. The van der Waals surface area contributed by atoms with Crippen LogP contribution >= 0.6 is 0 Å². The molecule has 0 aliphatic carbocycles. The monoisotopic (exact) mass is 294 g/mol. The molecule has 0 radical (unpaired) electrons. The fourth-order valence-corrected chi connectivity index (χ4v) is 2.36. The van der Waals surface area contributed by atoms with Gasteiger partial charge in [0.2, 0.25) is 0 Å². The molecule has 110 valence electrons. The molecule has 1 aromatic heterocycles. The maximum absolute atomic E-state index is 13.9. The summed E-state index contributed by atoms with van der Waals surface area (Å²) in [5.41, 5.74) is 7.63. The molecule has 0 aliphatic rings. The molecule has 22 heavy (non-hydrogen) atoms. The molecule has 3 N–H and O–H groups in total. The van der Waals surface area contributed by atoms with Crippen LogP contribution in [0.2, 0.25) is 0 Å². The molecule has 5 heteroatoms. The lowest BCUT2D eigenvalue weighted by molar-refractivity contribution is 0.628. The Balaban J connectivity index is 1.95. The highest BCUT2D eigenvalue weighted by Crippen LogP contribution is 2.21. The first-order valence-electron chi connectivity index (χ1n) is 6.84. The van der Waals surface area contributed by atoms with Gasteiger partial charge in [-0.15, -0.1) is 0 Å². The molecule has 3 rings (SSSR count). The van der Waals surface area contributed by atoms with E-state index in [1.54, 1.807) is 30.5 Å². The normalized spacial score (nSPS) is 10.6. The largest absolute Gasteiger partial charge is 0.384 e. The lowest BCUT2D eigenvalue weighted by Gasteiger charge is -2.10. The van der Waals surface area contributed by atoms with Crippen LogP contribution in [-0.2, 0) is 6.54 Å². The van der Waals surface area contributed by atoms with Crippen molar-refractivity contribution in [2.45, 2.75) is 6.54 Å². The Morgan fingerprint density at radius 1 is 1.18 bits per heavy atom. The van der Waals surface area contributed by atoms with Crippen molar-refractivity contribution < 1.29 is 4.39 Å². The van der Waals surface area contributed by atoms with E-state index in [0.29, 0.717) is 23.5 Å². The van der Waals surface area contributed by atoms with Gasteiger partial charge in [-0.2, -0.15) is 0 Å². The highest BCUT2D eigenvalue weighted by atomic mass is 19.1. The highest BCUT2D eigenvalue weighted by molar-refractivity contribution is 5.95. The van der Waals surface area contributed by atoms with Crippen LogP contribution in [0, 0.1) is 11.2 Å². The van der Waals surface area contributed by atoms with E-state index in [4.69, 9.17) is 11.1 Å². The van der Waals surface area contributed by atoms with E-state index in [2.05, 4.69) is 4.98 Å². The van der Waals surface area contributed by atoms with E-state index in [9.17, 15) is 4.39 Å². The van der Waals surface area contributed by atoms with Gasteiger partial charge in [-0.05, 0) is 23.8 Å². The summed E-state index contributed by atoms with van der Waals surface area (Å²) in [7, 11) is 0. The predicted molar refractivity (Wildman–Crippen MR) is 84.2 cm³/mol. The SMILES string of the molecule is N=C(N)c1cccc(Cn2ccnc2-c2ccccc2F)c1. The molecule has 0 spiro atoms. The number of imidazole rings is 1. The van der Waals surface area contributed by atoms with Crippen LogP contribution in [0.15, 0.2) is 60.9 Å². The number of amidine groups is 1. The lowest BCUT2D eigenvalue weighted by Crippen LogP contribution is -2.11. The molecule has 0 amide bonds. The molecular weight excluding hydrogens is 279 g/mol. The van der Waals surface area contributed by atoms with E-state index >= 15 is 0 Å². The summed E-state index contributed by atoms with van der Waals surface area (Å²) in [6.07, 6.45) is 3.46. The third-order valence-corrected chi connectivity index (χ3v) is 3.42. The topological polar surface area (TPSA) is 67.7 Å². The van der Waals surface area contributed by atoms with Crippen molar-refractivity contribution in [3.63, 3.8) is 0 Å². The second-order valence-corrected chi connectivity index (χ2v) is 4.97. The van der Waals surface area contributed by atoms with Crippen molar-refractivity contribution in [3.05, 3.63) is 77.9 Å². The third-order valence-electron chi connectivity index (χ3n) is 3.42. The van der Waals surface area contributed by atoms with Crippen molar-refractivity contribution >= 4 is 5.84 Å². The Morgan fingerprint density at radius 2 is 2.00 bits per heavy atom. The molecule has 2 aromatic carbocycles. The van der Waals surface area contributed by atoms with Crippen molar-refractivity contribution in [2.75, 3.05) is 0 Å². The van der Waals surface area contributed by atoms with Gasteiger partial charge >= 0.3 is 0 Å². The number of nitrogen functional groups attached to an aromatic ring is 1. The minimum absolute atomic E-state index is 0.0295. The number of benzene rings is 2. The van der Waals surface area contributed by atoms with Gasteiger partial charge in [0.15, 0.2) is 0 Å². The van der Waals surface area contributed by atoms with Crippen molar-refractivity contribution in [2.24, 2.45) is 5.73 Å². The number of hydrogen-bond acceptors (Lipinski definition) is 2. The minimum atomic E-state index is -0.299. The van der Waals surface area contributed by atoms with Crippen molar-refractivity contribution in [1.82, 2.24) is 9.55 Å². The predicted octanol–water partition coefficient (Wildman–Crippen LogP) is 3.02. The van der Waals surface area contributed by atoms with Gasteiger partial charge in [-0.3, -0.25) is 5.41 Å². The first kappa shape index (κ1) is 14.0. The van der Waals surface area contributed by atoms with Gasteiger partial charge in [0.25, 0.3) is 0 Å². The summed E-state index contributed by atoms with van der Waals surface area (Å²) in [6.45, 7) is 0.533. The number of nitrogens with two attached hydrogens (primary N) is 1. The molecular formula is C17H15FN4. The van der Waals surface area contributed by atoms with Crippen LogP contribution in [0.5, 0.6) is 0 Å². The van der Waals surface area contributed by atoms with Crippen LogP contribution in [0.1, 0.15) is 11.1 Å². The molecule has 0 saturated heterocycles. The molecule has 0 unspecified atom stereocenters. The minimum Gasteiger partial charge on any atom is -0.384 e. The highest BCUT2D eigenvalue weighted by Gasteiger charge is 2.11. The van der Waals surface area contributed by atoms with Gasteiger partial charge in [-0.25, -0.2) is 9.37 Å². The number of rotatable bonds is 4. The second kappa shape index (κ2) is 5.81. The van der Waals surface area contributed by atoms with E-state index in [1.165, 1.54) is 6.07 Å². The van der Waals surface area contributed by atoms with E-state index in [0.717, 1.165) is 5.56 Å². The summed E-state index contributed by atoms with van der Waals surface area (Å²) < 4.78 is 15.8. The summed E-state index contributed by atoms with van der Waals surface area (Å²) in [5.74, 6) is 0.306. The Morgan fingerprint density at radius 3 is 2.77 bits per heavy atom. The molecule has 0 bridgehead atoms. The molecule has 0 fully saturated rings. The molecule has 3 aromatic rings. The zero-order valence-corrected chi connectivity index (χ0v) is 11.8. The average molecular weight is 294 g/mol. The number of nitrogens with one attached hydrogen (secondary N) is 1. The Bertz CT molecular complexity index is 823. The Hall–Kier alpha value is -2.95. The zero-order valence-electron chi connectivity index (χ0n) is 11.8. The maximum Gasteiger partial charge on any atom is 0.143 e. The van der Waals surface area contributed by atoms with Gasteiger partial charge in [0, 0.05) is 24.5 Å². The van der Waals surface area contributed by atoms with Crippen molar-refractivity contribution in [1.29, 1.82) is 5.41 Å². The second-order valence-electron chi connectivity index (χ2n) is 4.97. The molecule has 0 atom stereocenters. The van der Waals surface area contributed by atoms with Gasteiger partial charge in [-0.1, -0.05) is 30.3 Å². The van der Waals surface area contributed by atoms with Gasteiger partial charge in [0.05, 0.1) is 5.56 Å². The first-order chi connectivity index (χ1) is 10.6. The van der Waals surface area contributed by atoms with E-state index in [1.807, 2.05) is 29.0 Å². The number of hydrogen-bond donors (Lipinski definition) is 2. The summed E-state index contributed by atoms with van der Waals surface area (Å²) in [6, 6.07) is 14.0. The number of nitrogens with zero attached hydrogens (tertiary/aromatic N) is 2. The van der Waals surface area contributed by atoms with Crippen LogP contribution in [0.4, 0.5) is 4.39 Å². The maximum atomic E-state index is 13.9. The van der Waals surface area contributed by atoms with Gasteiger partial charge < -0.3 is 10.3 Å². The first-order valence-corrected chi connectivity index (χ1v) is 6.84. The Kier molecular flexibility index (Phi) is 3.70. The molecule has 0 saturated carbocycles. The van der Waals surface area contributed by atoms with Gasteiger partial charge in [0.1, 0.15) is 17.5 Å². The third kappa shape index (κ3) is 2.74. The smallest absolute Gasteiger partial charge is 0.143 e. The summed E-state index contributed by atoms with van der Waals surface area (Å²) >= 11 is 0. The standard InChI is InChI=1S/C17H15FN4/c18-15-7-2-1-6-14(15)17-21-8-9-22(17)11-12-4-3-5-13(10-12)16(19)20/h1-10H,11H2,(H3,19,20). The van der Waals surface area contributed by atoms with Crippen LogP contribution < -0.4 is 5.73 Å². The summed E-state index contributed by atoms with van der Waals surface area (Å²) in [5, 5.41) is 7.50. The van der Waals surface area contributed by atoms with Crippen LogP contribution in [-0.4, -0.2) is 15.4 Å². The Labute approximate surface area is 127 Å². The quantitative estimate of drug-likeness (QED) is 0.573. The summed E-state index contributed by atoms with van der Waals surface area (Å²) in [4.78, 5) is 4.26. The number of halogens is 1. The van der Waals surface area contributed by atoms with Crippen LogP contribution in [0.3, 0.4) is 0 Å². The van der Waals surface area contributed by atoms with Crippen LogP contribution in [0.25, 0.3) is 11.4 Å². The molecule has 0 aliphatic heterocycles. The van der Waals surface area contributed by atoms with E-state index < -0.39 is 0 Å². The lowest BCUT2D eigenvalue weighted by atomic mass is 10.1. The van der Waals surface area contributed by atoms with E-state index in [-0.39, 0.29) is 11.7 Å². The zero-order chi connectivity index (χ0) is 15.5. The van der Waals surface area contributed by atoms with Crippen molar-refractivity contribution in [3.8, 4) is 11.4 Å². The number of aromatic nitrogens is 2. The average Bonchev–Trinajstić information content (AvgIpc) is 2.96. The molecule has 1 heterocycles. The molecule has 4 nitrogen and oxygen atoms in total.